The first kappa shape index (κ1) is 26.0. The van der Waals surface area contributed by atoms with Gasteiger partial charge in [0.25, 0.3) is 0 Å². The highest BCUT2D eigenvalue weighted by molar-refractivity contribution is 6.00. The number of carboxylic acids is 1. The maximum absolute atomic E-state index is 13.2. The number of aliphatic carboxylic acids is 1. The van der Waals surface area contributed by atoms with Gasteiger partial charge in [0.15, 0.2) is 0 Å². The van der Waals surface area contributed by atoms with Crippen molar-refractivity contribution in [2.45, 2.75) is 44.2 Å². The minimum atomic E-state index is -4.63. The summed E-state index contributed by atoms with van der Waals surface area (Å²) in [6, 6.07) is 10.4. The van der Waals surface area contributed by atoms with Crippen LogP contribution in [-0.2, 0) is 11.0 Å². The van der Waals surface area contributed by atoms with E-state index in [9.17, 15) is 22.8 Å². The summed E-state index contributed by atoms with van der Waals surface area (Å²) in [6.07, 6.45) is -0.842. The van der Waals surface area contributed by atoms with Gasteiger partial charge in [-0.25, -0.2) is 0 Å². The summed E-state index contributed by atoms with van der Waals surface area (Å²) < 4.78 is 49.7. The highest BCUT2D eigenvalue weighted by atomic mass is 19.4. The summed E-state index contributed by atoms with van der Waals surface area (Å²) in [5.41, 5.74) is 0.672. The third-order valence-electron chi connectivity index (χ3n) is 6.33. The second kappa shape index (κ2) is 10.9. The third-order valence-corrected chi connectivity index (χ3v) is 6.33. The van der Waals surface area contributed by atoms with E-state index in [4.69, 9.17) is 14.3 Å². The lowest BCUT2D eigenvalue weighted by atomic mass is 9.77. The molecule has 1 amide bonds. The Labute approximate surface area is 210 Å². The molecule has 0 aliphatic heterocycles. The fraction of sp³-hybridized carbons (Fsp3) is 0.360. The number of carbonyl (C=O) groups excluding carboxylic acids is 1. The summed E-state index contributed by atoms with van der Waals surface area (Å²) in [6.45, 7) is 0. The molecule has 3 N–H and O–H groups in total. The predicted molar refractivity (Wildman–Crippen MR) is 127 cm³/mol. The summed E-state index contributed by atoms with van der Waals surface area (Å²) >= 11 is 0. The van der Waals surface area contributed by atoms with Crippen LogP contribution in [0.2, 0.25) is 0 Å². The van der Waals surface area contributed by atoms with Gasteiger partial charge in [-0.2, -0.15) is 13.2 Å². The molecule has 196 valence electrons. The molecule has 1 heterocycles. The van der Waals surface area contributed by atoms with Gasteiger partial charge in [0.2, 0.25) is 0 Å². The molecular weight excluding hydrogens is 493 g/mol. The number of nitrogens with zero attached hydrogens (tertiary/aromatic N) is 2. The van der Waals surface area contributed by atoms with Gasteiger partial charge < -0.3 is 24.9 Å². The first-order valence-electron chi connectivity index (χ1n) is 11.6. The molecule has 12 heteroatoms. The van der Waals surface area contributed by atoms with Gasteiger partial charge in [-0.05, 0) is 73.4 Å². The molecule has 0 spiro atoms. The Hall–Kier alpha value is -4.09. The van der Waals surface area contributed by atoms with Crippen LogP contribution < -0.4 is 15.4 Å². The minimum absolute atomic E-state index is 0.0244. The van der Waals surface area contributed by atoms with Crippen LogP contribution >= 0.6 is 0 Å². The molecule has 0 bridgehead atoms. The van der Waals surface area contributed by atoms with Crippen molar-refractivity contribution in [3.8, 4) is 5.75 Å². The van der Waals surface area contributed by atoms with E-state index in [1.54, 1.807) is 12.1 Å². The summed E-state index contributed by atoms with van der Waals surface area (Å²) in [4.78, 5) is 23.4. The molecule has 4 rings (SSSR count). The zero-order valence-corrected chi connectivity index (χ0v) is 19.8. The number of methoxy groups -OCH3 is 1. The first-order valence-corrected chi connectivity index (χ1v) is 11.6. The van der Waals surface area contributed by atoms with Crippen LogP contribution in [0.5, 0.6) is 5.75 Å². The van der Waals surface area contributed by atoms with E-state index in [0.717, 1.165) is 50.5 Å². The standard InChI is InChI=1S/C25H25F3N4O5/c1-36-20-11-10-18(13-19(20)25(26,27)28)30-24-32-31-23(37-24)22(35)29-17-8-6-16(7-9-17)15-4-2-14(3-5-15)12-21(33)34/h6-11,13-15H,2-5,12H2,1H3,(H,29,35)(H,30,32)(H,33,34)/t14-,15-. The highest BCUT2D eigenvalue weighted by Crippen LogP contribution is 2.39. The highest BCUT2D eigenvalue weighted by Gasteiger charge is 2.34. The van der Waals surface area contributed by atoms with Crippen LogP contribution in [0.15, 0.2) is 46.9 Å². The Balaban J connectivity index is 1.34. The number of carbonyl (C=O) groups is 2. The number of anilines is 3. The van der Waals surface area contributed by atoms with E-state index in [0.29, 0.717) is 11.6 Å². The normalized spacial score (nSPS) is 17.7. The number of rotatable bonds is 8. The molecule has 9 nitrogen and oxygen atoms in total. The Bertz CT molecular complexity index is 1250. The maximum Gasteiger partial charge on any atom is 0.420 e. The van der Waals surface area contributed by atoms with Gasteiger partial charge in [-0.15, -0.1) is 5.10 Å². The summed E-state index contributed by atoms with van der Waals surface area (Å²) in [5, 5.41) is 21.5. The molecule has 0 radical (unpaired) electrons. The largest absolute Gasteiger partial charge is 0.496 e. The van der Waals surface area contributed by atoms with Gasteiger partial charge in [-0.1, -0.05) is 17.2 Å². The number of alkyl halides is 3. The molecule has 1 saturated carbocycles. The molecule has 3 aromatic rings. The number of nitrogens with one attached hydrogen (secondary N) is 2. The van der Waals surface area contributed by atoms with E-state index < -0.39 is 23.6 Å². The lowest BCUT2D eigenvalue weighted by Gasteiger charge is -2.28. The van der Waals surface area contributed by atoms with E-state index >= 15 is 0 Å². The lowest BCUT2D eigenvalue weighted by Crippen LogP contribution is -2.16. The van der Waals surface area contributed by atoms with E-state index in [1.807, 2.05) is 12.1 Å². The van der Waals surface area contributed by atoms with Crippen molar-refractivity contribution in [2.24, 2.45) is 5.92 Å². The molecular formula is C25H25F3N4O5. The van der Waals surface area contributed by atoms with Crippen molar-refractivity contribution >= 4 is 29.3 Å². The van der Waals surface area contributed by atoms with Crippen LogP contribution in [0.3, 0.4) is 0 Å². The van der Waals surface area contributed by atoms with Gasteiger partial charge in [0.05, 0.1) is 12.7 Å². The van der Waals surface area contributed by atoms with E-state index in [2.05, 4.69) is 20.8 Å². The minimum Gasteiger partial charge on any atom is -0.496 e. The van der Waals surface area contributed by atoms with Crippen molar-refractivity contribution in [3.05, 3.63) is 59.5 Å². The number of hydrogen-bond acceptors (Lipinski definition) is 7. The monoisotopic (exact) mass is 518 g/mol. The van der Waals surface area contributed by atoms with Crippen molar-refractivity contribution in [1.82, 2.24) is 10.2 Å². The van der Waals surface area contributed by atoms with Crippen LogP contribution in [0.1, 0.15) is 59.8 Å². The number of benzene rings is 2. The lowest BCUT2D eigenvalue weighted by molar-refractivity contribution is -0.139. The molecule has 2 aromatic carbocycles. The maximum atomic E-state index is 13.2. The molecule has 1 aliphatic carbocycles. The van der Waals surface area contributed by atoms with Crippen LogP contribution in [0.25, 0.3) is 0 Å². The van der Waals surface area contributed by atoms with Gasteiger partial charge in [-0.3, -0.25) is 9.59 Å². The van der Waals surface area contributed by atoms with Crippen LogP contribution in [0, 0.1) is 5.92 Å². The van der Waals surface area contributed by atoms with Crippen LogP contribution in [-0.4, -0.2) is 34.3 Å². The number of amides is 1. The number of halogens is 3. The Morgan fingerprint density at radius 3 is 2.35 bits per heavy atom. The first-order chi connectivity index (χ1) is 17.6. The summed E-state index contributed by atoms with van der Waals surface area (Å²) in [7, 11) is 1.14. The van der Waals surface area contributed by atoms with Crippen molar-refractivity contribution in [3.63, 3.8) is 0 Å². The Morgan fingerprint density at radius 1 is 1.05 bits per heavy atom. The number of carboxylic acid groups (broad SMARTS) is 1. The predicted octanol–water partition coefficient (Wildman–Crippen LogP) is 5.84. The average molecular weight is 518 g/mol. The third kappa shape index (κ3) is 6.57. The molecule has 0 atom stereocenters. The van der Waals surface area contributed by atoms with E-state index in [1.165, 1.54) is 6.07 Å². The number of ether oxygens (including phenoxy) is 1. The molecule has 1 aromatic heterocycles. The SMILES string of the molecule is COc1ccc(Nc2nnc(C(=O)Nc3ccc([C@H]4CC[C@H](CC(=O)O)CC4)cc3)o2)cc1C(F)(F)F. The molecule has 37 heavy (non-hydrogen) atoms. The average Bonchev–Trinajstić information content (AvgIpc) is 3.33. The smallest absolute Gasteiger partial charge is 0.420 e. The Morgan fingerprint density at radius 2 is 1.73 bits per heavy atom. The fourth-order valence-corrected chi connectivity index (χ4v) is 4.47. The summed E-state index contributed by atoms with van der Waals surface area (Å²) in [5.74, 6) is -1.57. The van der Waals surface area contributed by atoms with Crippen molar-refractivity contribution in [1.29, 1.82) is 0 Å². The zero-order chi connectivity index (χ0) is 26.6. The fourth-order valence-electron chi connectivity index (χ4n) is 4.47. The molecule has 1 fully saturated rings. The topological polar surface area (TPSA) is 127 Å². The molecule has 0 unspecified atom stereocenters. The van der Waals surface area contributed by atoms with Crippen molar-refractivity contribution < 1.29 is 37.0 Å². The van der Waals surface area contributed by atoms with Crippen LogP contribution in [0.4, 0.5) is 30.6 Å². The van der Waals surface area contributed by atoms with Gasteiger partial charge in [0.1, 0.15) is 5.75 Å². The van der Waals surface area contributed by atoms with E-state index in [-0.39, 0.29) is 35.7 Å². The quantitative estimate of drug-likeness (QED) is 0.339. The van der Waals surface area contributed by atoms with Gasteiger partial charge in [0, 0.05) is 17.8 Å². The Kier molecular flexibility index (Phi) is 7.65. The molecule has 0 saturated heterocycles. The second-order valence-electron chi connectivity index (χ2n) is 8.84. The zero-order valence-electron chi connectivity index (χ0n) is 19.8. The van der Waals surface area contributed by atoms with Gasteiger partial charge >= 0.3 is 30.0 Å². The van der Waals surface area contributed by atoms with Crippen molar-refractivity contribution in [2.75, 3.05) is 17.7 Å². The molecule has 1 aliphatic rings. The number of aromatic nitrogens is 2. The second-order valence-corrected chi connectivity index (χ2v) is 8.84. The number of hydrogen-bond donors (Lipinski definition) is 3.